The van der Waals surface area contributed by atoms with Crippen molar-refractivity contribution in [3.8, 4) is 23.3 Å². The molecule has 1 aromatic heterocycles. The molecule has 0 spiro atoms. The summed E-state index contributed by atoms with van der Waals surface area (Å²) in [6.07, 6.45) is -0.342. The lowest BCUT2D eigenvalue weighted by molar-refractivity contribution is 0.0240. The predicted octanol–water partition coefficient (Wildman–Crippen LogP) is 3.08. The summed E-state index contributed by atoms with van der Waals surface area (Å²) < 4.78 is 5.42. The molecule has 1 saturated heterocycles. The average Bonchev–Trinajstić information content (AvgIpc) is 2.72. The van der Waals surface area contributed by atoms with Gasteiger partial charge in [0.05, 0.1) is 5.02 Å². The molecular weight excluding hydrogens is 432 g/mol. The number of halogens is 1. The summed E-state index contributed by atoms with van der Waals surface area (Å²) in [5.41, 5.74) is 5.61. The highest BCUT2D eigenvalue weighted by Crippen LogP contribution is 2.36. The number of anilines is 2. The van der Waals surface area contributed by atoms with Gasteiger partial charge in [0.2, 0.25) is 0 Å². The van der Waals surface area contributed by atoms with E-state index in [1.165, 1.54) is 0 Å². The maximum absolute atomic E-state index is 12.3. The molecule has 32 heavy (non-hydrogen) atoms. The Hall–Kier alpha value is -3.69. The zero-order chi connectivity index (χ0) is 23.6. The molecule has 10 heteroatoms. The van der Waals surface area contributed by atoms with E-state index in [4.69, 9.17) is 22.1 Å². The fraction of sp³-hybridized carbons (Fsp3) is 0.364. The quantitative estimate of drug-likeness (QED) is 0.710. The first-order valence-electron chi connectivity index (χ1n) is 9.94. The molecule has 1 aliphatic rings. The molecule has 0 bridgehead atoms. The van der Waals surface area contributed by atoms with Crippen LogP contribution in [-0.4, -0.2) is 47.8 Å². The van der Waals surface area contributed by atoms with Crippen LogP contribution in [0.25, 0.3) is 11.1 Å². The largest absolute Gasteiger partial charge is 0.444 e. The van der Waals surface area contributed by atoms with Gasteiger partial charge in [0, 0.05) is 43.0 Å². The lowest BCUT2D eigenvalue weighted by Gasteiger charge is -2.36. The summed E-state index contributed by atoms with van der Waals surface area (Å²) >= 11 is 6.51. The minimum Gasteiger partial charge on any atom is -0.444 e. The van der Waals surface area contributed by atoms with E-state index in [1.807, 2.05) is 32.9 Å². The third-order valence-electron chi connectivity index (χ3n) is 4.99. The third-order valence-corrected chi connectivity index (χ3v) is 5.30. The summed E-state index contributed by atoms with van der Waals surface area (Å²) in [4.78, 5) is 30.5. The van der Waals surface area contributed by atoms with Crippen molar-refractivity contribution >= 4 is 29.2 Å². The Labute approximate surface area is 190 Å². The van der Waals surface area contributed by atoms with Crippen LogP contribution in [0.15, 0.2) is 23.0 Å². The topological polar surface area (TPSA) is 139 Å². The van der Waals surface area contributed by atoms with E-state index < -0.39 is 11.2 Å². The number of H-pyrrole nitrogens is 1. The molecule has 0 unspecified atom stereocenters. The van der Waals surface area contributed by atoms with Crippen molar-refractivity contribution in [3.63, 3.8) is 0 Å². The lowest BCUT2D eigenvalue weighted by atomic mass is 9.96. The molecule has 3 rings (SSSR count). The molecule has 9 nitrogen and oxygen atoms in total. The van der Waals surface area contributed by atoms with Crippen LogP contribution >= 0.6 is 11.6 Å². The van der Waals surface area contributed by atoms with Gasteiger partial charge in [0.25, 0.3) is 5.56 Å². The number of ether oxygens (including phenoxy) is 1. The first kappa shape index (κ1) is 23.0. The molecule has 1 amide bonds. The van der Waals surface area contributed by atoms with Gasteiger partial charge in [-0.15, -0.1) is 0 Å². The molecule has 0 atom stereocenters. The second kappa shape index (κ2) is 8.81. The second-order valence-electron chi connectivity index (χ2n) is 8.33. The van der Waals surface area contributed by atoms with Gasteiger partial charge >= 0.3 is 6.09 Å². The number of benzene rings is 1. The minimum atomic E-state index is -0.683. The standard InChI is InChI=1S/C22H23ClN6O3/c1-22(2,3)32-21(31)29-8-6-28(7-9-29)13-4-5-14(17(23)10-13)18-15(11-24)19(26)27-20(30)16(18)12-25/h4-5,10H,6-9H2,1-3H3,(H3,26,27,30). The number of rotatable bonds is 2. The van der Waals surface area contributed by atoms with E-state index in [1.54, 1.807) is 23.1 Å². The van der Waals surface area contributed by atoms with E-state index in [9.17, 15) is 20.1 Å². The molecule has 2 heterocycles. The highest BCUT2D eigenvalue weighted by atomic mass is 35.5. The number of nitrogens with one attached hydrogen (secondary N) is 1. The highest BCUT2D eigenvalue weighted by Gasteiger charge is 2.27. The number of amides is 1. The number of carbonyl (C=O) groups excluding carboxylic acids is 1. The number of nitrogens with two attached hydrogens (primary N) is 1. The van der Waals surface area contributed by atoms with E-state index in [0.29, 0.717) is 31.7 Å². The molecule has 3 N–H and O–H groups in total. The van der Waals surface area contributed by atoms with Crippen molar-refractivity contribution < 1.29 is 9.53 Å². The third kappa shape index (κ3) is 4.63. The number of pyridine rings is 1. The summed E-state index contributed by atoms with van der Waals surface area (Å²) in [6.45, 7) is 7.64. The van der Waals surface area contributed by atoms with E-state index in [0.717, 1.165) is 5.69 Å². The van der Waals surface area contributed by atoms with E-state index >= 15 is 0 Å². The van der Waals surface area contributed by atoms with Gasteiger partial charge < -0.3 is 25.3 Å². The van der Waals surface area contributed by atoms with E-state index in [-0.39, 0.29) is 33.6 Å². The maximum Gasteiger partial charge on any atom is 0.410 e. The van der Waals surface area contributed by atoms with Gasteiger partial charge in [-0.25, -0.2) is 4.79 Å². The van der Waals surface area contributed by atoms with Crippen molar-refractivity contribution in [2.24, 2.45) is 0 Å². The van der Waals surface area contributed by atoms with Gasteiger partial charge in [0.1, 0.15) is 34.7 Å². The molecule has 1 aromatic carbocycles. The number of hydrogen-bond acceptors (Lipinski definition) is 7. The minimum absolute atomic E-state index is 0.0122. The predicted molar refractivity (Wildman–Crippen MR) is 121 cm³/mol. The number of carbonyl (C=O) groups is 1. The van der Waals surface area contributed by atoms with Crippen LogP contribution < -0.4 is 16.2 Å². The molecule has 1 aliphatic heterocycles. The van der Waals surface area contributed by atoms with Gasteiger partial charge in [-0.2, -0.15) is 10.5 Å². The number of piperazine rings is 1. The van der Waals surface area contributed by atoms with Crippen LogP contribution in [-0.2, 0) is 4.74 Å². The lowest BCUT2D eigenvalue weighted by Crippen LogP contribution is -2.50. The maximum atomic E-state index is 12.3. The number of nitrogens with zero attached hydrogens (tertiary/aromatic N) is 4. The Balaban J connectivity index is 1.86. The van der Waals surface area contributed by atoms with Crippen molar-refractivity contribution in [1.29, 1.82) is 10.5 Å². The molecule has 0 aliphatic carbocycles. The first-order valence-corrected chi connectivity index (χ1v) is 10.3. The number of aromatic amines is 1. The Morgan fingerprint density at radius 1 is 1.16 bits per heavy atom. The first-order chi connectivity index (χ1) is 15.1. The Kier molecular flexibility index (Phi) is 6.33. The molecular formula is C22H23ClN6O3. The second-order valence-corrected chi connectivity index (χ2v) is 8.74. The monoisotopic (exact) mass is 454 g/mol. The van der Waals surface area contributed by atoms with Crippen LogP contribution in [0.1, 0.15) is 31.9 Å². The fourth-order valence-electron chi connectivity index (χ4n) is 3.49. The fourth-order valence-corrected chi connectivity index (χ4v) is 3.76. The molecule has 0 radical (unpaired) electrons. The van der Waals surface area contributed by atoms with Crippen LogP contribution in [0.3, 0.4) is 0 Å². The van der Waals surface area contributed by atoms with Crippen LogP contribution in [0.5, 0.6) is 0 Å². The number of nitrogen functional groups attached to an aromatic ring is 1. The summed E-state index contributed by atoms with van der Waals surface area (Å²) in [5, 5.41) is 19.2. The Bertz CT molecular complexity index is 1190. The van der Waals surface area contributed by atoms with E-state index in [2.05, 4.69) is 9.88 Å². The van der Waals surface area contributed by atoms with Crippen molar-refractivity contribution in [1.82, 2.24) is 9.88 Å². The Morgan fingerprint density at radius 2 is 1.78 bits per heavy atom. The molecule has 0 saturated carbocycles. The highest BCUT2D eigenvalue weighted by molar-refractivity contribution is 6.33. The van der Waals surface area contributed by atoms with Crippen LogP contribution in [0, 0.1) is 22.7 Å². The van der Waals surface area contributed by atoms with Gasteiger partial charge in [-0.1, -0.05) is 17.7 Å². The average molecular weight is 455 g/mol. The zero-order valence-electron chi connectivity index (χ0n) is 18.0. The Morgan fingerprint density at radius 3 is 2.31 bits per heavy atom. The molecule has 166 valence electrons. The molecule has 1 fully saturated rings. The summed E-state index contributed by atoms with van der Waals surface area (Å²) in [5.74, 6) is -0.120. The summed E-state index contributed by atoms with van der Waals surface area (Å²) in [6, 6.07) is 8.93. The van der Waals surface area contributed by atoms with Gasteiger partial charge in [-0.3, -0.25) is 4.79 Å². The normalized spacial score (nSPS) is 13.9. The summed E-state index contributed by atoms with van der Waals surface area (Å²) in [7, 11) is 0. The van der Waals surface area contributed by atoms with Crippen molar-refractivity contribution in [3.05, 3.63) is 44.7 Å². The number of nitriles is 2. The van der Waals surface area contributed by atoms with Crippen LogP contribution in [0.4, 0.5) is 16.3 Å². The van der Waals surface area contributed by atoms with Gasteiger partial charge in [-0.05, 0) is 32.9 Å². The van der Waals surface area contributed by atoms with Crippen LogP contribution in [0.2, 0.25) is 5.02 Å². The SMILES string of the molecule is CC(C)(C)OC(=O)N1CCN(c2ccc(-c3c(C#N)c(N)[nH]c(=O)c3C#N)c(Cl)c2)CC1. The van der Waals surface area contributed by atoms with Crippen molar-refractivity contribution in [2.45, 2.75) is 26.4 Å². The number of aromatic nitrogens is 1. The smallest absolute Gasteiger partial charge is 0.410 e. The van der Waals surface area contributed by atoms with Gasteiger partial charge in [0.15, 0.2) is 0 Å². The zero-order valence-corrected chi connectivity index (χ0v) is 18.8. The molecule has 2 aromatic rings. The van der Waals surface area contributed by atoms with Crippen molar-refractivity contribution in [2.75, 3.05) is 36.8 Å². The number of hydrogen-bond donors (Lipinski definition) is 2.